The van der Waals surface area contributed by atoms with Gasteiger partial charge in [0.15, 0.2) is 0 Å². The molecule has 2 unspecified atom stereocenters. The highest BCUT2D eigenvalue weighted by Gasteiger charge is 2.19. The van der Waals surface area contributed by atoms with E-state index < -0.39 is 18.0 Å². The molecule has 0 heterocycles. The number of ether oxygens (including phenoxy) is 1. The molecule has 2 atom stereocenters. The lowest BCUT2D eigenvalue weighted by molar-refractivity contribution is -0.139. The minimum Gasteiger partial charge on any atom is -0.497 e. The van der Waals surface area contributed by atoms with Crippen LogP contribution >= 0.6 is 0 Å². The maximum Gasteiger partial charge on any atom is 0.326 e. The Morgan fingerprint density at radius 1 is 1.24 bits per heavy atom. The fourth-order valence-electron chi connectivity index (χ4n) is 1.92. The SMILES string of the molecule is CCCC(NC(=O)NC(C)c1ccc(OC)cc1)C(=O)O. The maximum atomic E-state index is 11.8. The molecule has 0 spiro atoms. The molecule has 0 bridgehead atoms. The molecule has 0 aliphatic rings. The van der Waals surface area contributed by atoms with Crippen molar-refractivity contribution in [2.75, 3.05) is 7.11 Å². The summed E-state index contributed by atoms with van der Waals surface area (Å²) in [6.07, 6.45) is 1.09. The van der Waals surface area contributed by atoms with Crippen LogP contribution in [0.2, 0.25) is 0 Å². The molecule has 0 aromatic heterocycles. The summed E-state index contributed by atoms with van der Waals surface area (Å²) >= 11 is 0. The largest absolute Gasteiger partial charge is 0.497 e. The van der Waals surface area contributed by atoms with Crippen molar-refractivity contribution in [3.63, 3.8) is 0 Å². The number of carbonyl (C=O) groups excluding carboxylic acids is 1. The van der Waals surface area contributed by atoms with E-state index in [0.29, 0.717) is 12.8 Å². The second-order valence-corrected chi connectivity index (χ2v) is 4.79. The van der Waals surface area contributed by atoms with Crippen LogP contribution in [0.25, 0.3) is 0 Å². The third-order valence-corrected chi connectivity index (χ3v) is 3.14. The normalized spacial score (nSPS) is 13.1. The number of benzene rings is 1. The van der Waals surface area contributed by atoms with Crippen LogP contribution in [0.5, 0.6) is 5.75 Å². The number of hydrogen-bond donors (Lipinski definition) is 3. The lowest BCUT2D eigenvalue weighted by Crippen LogP contribution is -2.46. The molecular formula is C15H22N2O4. The molecule has 0 saturated carbocycles. The highest BCUT2D eigenvalue weighted by molar-refractivity contribution is 5.82. The molecule has 6 heteroatoms. The van der Waals surface area contributed by atoms with Crippen molar-refractivity contribution >= 4 is 12.0 Å². The lowest BCUT2D eigenvalue weighted by Gasteiger charge is -2.18. The van der Waals surface area contributed by atoms with Crippen molar-refractivity contribution in [3.05, 3.63) is 29.8 Å². The van der Waals surface area contributed by atoms with E-state index in [0.717, 1.165) is 11.3 Å². The van der Waals surface area contributed by atoms with Gasteiger partial charge in [-0.25, -0.2) is 9.59 Å². The van der Waals surface area contributed by atoms with E-state index in [2.05, 4.69) is 10.6 Å². The predicted molar refractivity (Wildman–Crippen MR) is 79.4 cm³/mol. The summed E-state index contributed by atoms with van der Waals surface area (Å²) in [5.74, 6) is -0.284. The zero-order chi connectivity index (χ0) is 15.8. The minimum absolute atomic E-state index is 0.230. The van der Waals surface area contributed by atoms with Crippen LogP contribution in [-0.2, 0) is 4.79 Å². The molecule has 116 valence electrons. The van der Waals surface area contributed by atoms with Gasteiger partial charge in [0.05, 0.1) is 13.2 Å². The van der Waals surface area contributed by atoms with Gasteiger partial charge in [0.1, 0.15) is 11.8 Å². The van der Waals surface area contributed by atoms with Gasteiger partial charge in [-0.1, -0.05) is 25.5 Å². The first-order valence-corrected chi connectivity index (χ1v) is 6.91. The molecule has 0 aliphatic heterocycles. The van der Waals surface area contributed by atoms with Crippen LogP contribution in [-0.4, -0.2) is 30.3 Å². The number of aliphatic carboxylic acids is 1. The van der Waals surface area contributed by atoms with Gasteiger partial charge in [-0.15, -0.1) is 0 Å². The summed E-state index contributed by atoms with van der Waals surface area (Å²) in [5, 5.41) is 14.2. The Morgan fingerprint density at radius 2 is 1.86 bits per heavy atom. The highest BCUT2D eigenvalue weighted by Crippen LogP contribution is 2.17. The van der Waals surface area contributed by atoms with Gasteiger partial charge in [0.2, 0.25) is 0 Å². The van der Waals surface area contributed by atoms with Crippen LogP contribution in [0.15, 0.2) is 24.3 Å². The summed E-state index contributed by atoms with van der Waals surface area (Å²) in [6.45, 7) is 3.70. The van der Waals surface area contributed by atoms with Crippen molar-refractivity contribution in [2.45, 2.75) is 38.8 Å². The molecular weight excluding hydrogens is 272 g/mol. The number of methoxy groups -OCH3 is 1. The van der Waals surface area contributed by atoms with E-state index in [4.69, 9.17) is 9.84 Å². The molecule has 21 heavy (non-hydrogen) atoms. The maximum absolute atomic E-state index is 11.8. The van der Waals surface area contributed by atoms with Crippen LogP contribution in [0.4, 0.5) is 4.79 Å². The quantitative estimate of drug-likeness (QED) is 0.720. The minimum atomic E-state index is -1.02. The number of hydrogen-bond acceptors (Lipinski definition) is 3. The highest BCUT2D eigenvalue weighted by atomic mass is 16.5. The average molecular weight is 294 g/mol. The summed E-state index contributed by atoms with van der Waals surface area (Å²) in [4.78, 5) is 22.8. The lowest BCUT2D eigenvalue weighted by atomic mass is 10.1. The Balaban J connectivity index is 2.58. The first-order valence-electron chi connectivity index (χ1n) is 6.91. The Labute approximate surface area is 124 Å². The van der Waals surface area contributed by atoms with Gasteiger partial charge < -0.3 is 20.5 Å². The number of carboxylic acid groups (broad SMARTS) is 1. The molecule has 1 aromatic rings. The van der Waals surface area contributed by atoms with E-state index in [1.807, 2.05) is 38.1 Å². The average Bonchev–Trinajstić information content (AvgIpc) is 2.46. The van der Waals surface area contributed by atoms with Crippen molar-refractivity contribution in [3.8, 4) is 5.75 Å². The molecule has 2 amide bonds. The molecule has 3 N–H and O–H groups in total. The van der Waals surface area contributed by atoms with E-state index in [-0.39, 0.29) is 6.04 Å². The summed E-state index contributed by atoms with van der Waals surface area (Å²) in [6, 6.07) is 5.74. The van der Waals surface area contributed by atoms with Crippen LogP contribution in [0.1, 0.15) is 38.3 Å². The first kappa shape index (κ1) is 16.8. The van der Waals surface area contributed by atoms with Crippen LogP contribution in [0, 0.1) is 0 Å². The Bertz CT molecular complexity index is 473. The predicted octanol–water partition coefficient (Wildman–Crippen LogP) is 2.31. The zero-order valence-corrected chi connectivity index (χ0v) is 12.6. The van der Waals surface area contributed by atoms with Crippen LogP contribution < -0.4 is 15.4 Å². The smallest absolute Gasteiger partial charge is 0.326 e. The summed E-state index contributed by atoms with van der Waals surface area (Å²) in [5.41, 5.74) is 0.910. The topological polar surface area (TPSA) is 87.7 Å². The fourth-order valence-corrected chi connectivity index (χ4v) is 1.92. The third-order valence-electron chi connectivity index (χ3n) is 3.14. The third kappa shape index (κ3) is 5.33. The summed E-state index contributed by atoms with van der Waals surface area (Å²) in [7, 11) is 1.59. The molecule has 0 fully saturated rings. The summed E-state index contributed by atoms with van der Waals surface area (Å²) < 4.78 is 5.07. The number of urea groups is 1. The van der Waals surface area contributed by atoms with Crippen molar-refractivity contribution in [1.29, 1.82) is 0 Å². The van der Waals surface area contributed by atoms with Crippen molar-refractivity contribution in [2.24, 2.45) is 0 Å². The fraction of sp³-hybridized carbons (Fsp3) is 0.467. The Kier molecular flexibility index (Phi) is 6.52. The van der Waals surface area contributed by atoms with E-state index >= 15 is 0 Å². The number of carbonyl (C=O) groups is 2. The first-order chi connectivity index (χ1) is 9.97. The monoisotopic (exact) mass is 294 g/mol. The van der Waals surface area contributed by atoms with Gasteiger partial charge in [0.25, 0.3) is 0 Å². The molecule has 1 aromatic carbocycles. The second kappa shape index (κ2) is 8.14. The van der Waals surface area contributed by atoms with E-state index in [1.54, 1.807) is 7.11 Å². The van der Waals surface area contributed by atoms with Gasteiger partial charge in [-0.3, -0.25) is 0 Å². The Morgan fingerprint density at radius 3 is 2.33 bits per heavy atom. The van der Waals surface area contributed by atoms with Crippen LogP contribution in [0.3, 0.4) is 0 Å². The van der Waals surface area contributed by atoms with E-state index in [1.165, 1.54) is 0 Å². The zero-order valence-electron chi connectivity index (χ0n) is 12.6. The molecule has 0 radical (unpaired) electrons. The molecule has 1 rings (SSSR count). The number of nitrogens with one attached hydrogen (secondary N) is 2. The number of carboxylic acids is 1. The molecule has 6 nitrogen and oxygen atoms in total. The Hall–Kier alpha value is -2.24. The van der Waals surface area contributed by atoms with Gasteiger partial charge >= 0.3 is 12.0 Å². The van der Waals surface area contributed by atoms with Gasteiger partial charge in [0, 0.05) is 0 Å². The van der Waals surface area contributed by atoms with Crippen molar-refractivity contribution < 1.29 is 19.4 Å². The van der Waals surface area contributed by atoms with Gasteiger partial charge in [-0.05, 0) is 31.0 Å². The van der Waals surface area contributed by atoms with E-state index in [9.17, 15) is 9.59 Å². The number of rotatable bonds is 7. The van der Waals surface area contributed by atoms with Crippen molar-refractivity contribution in [1.82, 2.24) is 10.6 Å². The number of amides is 2. The van der Waals surface area contributed by atoms with Gasteiger partial charge in [-0.2, -0.15) is 0 Å². The molecule has 0 aliphatic carbocycles. The standard InChI is InChI=1S/C15H22N2O4/c1-4-5-13(14(18)19)17-15(20)16-10(2)11-6-8-12(21-3)9-7-11/h6-10,13H,4-5H2,1-3H3,(H,18,19)(H2,16,17,20). The second-order valence-electron chi connectivity index (χ2n) is 4.79. The molecule has 0 saturated heterocycles.